The molecule has 0 aliphatic carbocycles. The number of nitrogens with zero attached hydrogens (tertiary/aromatic N) is 1. The Kier molecular flexibility index (Phi) is 5.74. The summed E-state index contributed by atoms with van der Waals surface area (Å²) in [5.74, 6) is -0.739. The standard InChI is InChI=1S/C12H16F3N2O2P/c1-4-19-11(18)10-9(17-20-7(2)3)5-8(6-16-10)12(13,14)15/h5-7,17,20H,4H2,1-3H3. The summed E-state index contributed by atoms with van der Waals surface area (Å²) < 4.78 is 42.8. The van der Waals surface area contributed by atoms with Crippen LogP contribution in [0, 0.1) is 0 Å². The zero-order valence-corrected chi connectivity index (χ0v) is 12.3. The van der Waals surface area contributed by atoms with Crippen LogP contribution in [0.4, 0.5) is 18.9 Å². The number of hydrogen-bond acceptors (Lipinski definition) is 4. The molecule has 1 heterocycles. The Labute approximate surface area is 116 Å². The van der Waals surface area contributed by atoms with Gasteiger partial charge in [0, 0.05) is 6.20 Å². The first-order valence-electron chi connectivity index (χ1n) is 6.01. The number of halogens is 3. The lowest BCUT2D eigenvalue weighted by molar-refractivity contribution is -0.137. The number of esters is 1. The minimum atomic E-state index is -4.50. The van der Waals surface area contributed by atoms with Gasteiger partial charge in [-0.1, -0.05) is 13.8 Å². The van der Waals surface area contributed by atoms with E-state index in [2.05, 4.69) is 10.1 Å². The van der Waals surface area contributed by atoms with Crippen LogP contribution in [0.1, 0.15) is 36.8 Å². The number of aromatic nitrogens is 1. The van der Waals surface area contributed by atoms with Gasteiger partial charge in [-0.25, -0.2) is 9.78 Å². The fourth-order valence-electron chi connectivity index (χ4n) is 1.30. The van der Waals surface area contributed by atoms with Crippen molar-refractivity contribution in [3.8, 4) is 0 Å². The van der Waals surface area contributed by atoms with Gasteiger partial charge < -0.3 is 9.82 Å². The van der Waals surface area contributed by atoms with Crippen molar-refractivity contribution in [3.05, 3.63) is 23.5 Å². The molecule has 1 unspecified atom stereocenters. The molecular formula is C12H16F3N2O2P. The molecule has 1 aromatic rings. The van der Waals surface area contributed by atoms with Gasteiger partial charge in [0.25, 0.3) is 0 Å². The fraction of sp³-hybridized carbons (Fsp3) is 0.500. The SMILES string of the molecule is CCOC(=O)c1ncc(C(F)(F)F)cc1NPC(C)C. The van der Waals surface area contributed by atoms with Crippen molar-refractivity contribution < 1.29 is 22.7 Å². The van der Waals surface area contributed by atoms with Gasteiger partial charge in [0.05, 0.1) is 17.9 Å². The predicted molar refractivity (Wildman–Crippen MR) is 72.3 cm³/mol. The maximum atomic E-state index is 12.7. The molecule has 0 aliphatic rings. The highest BCUT2D eigenvalue weighted by atomic mass is 31.1. The van der Waals surface area contributed by atoms with Crippen molar-refractivity contribution in [2.24, 2.45) is 0 Å². The average Bonchev–Trinajstić information content (AvgIpc) is 2.35. The number of nitrogens with one attached hydrogen (secondary N) is 1. The van der Waals surface area contributed by atoms with Crippen LogP contribution in [0.3, 0.4) is 0 Å². The number of hydrogen-bond donors (Lipinski definition) is 1. The smallest absolute Gasteiger partial charge is 0.417 e. The molecule has 8 heteroatoms. The van der Waals surface area contributed by atoms with Crippen LogP contribution in [0.5, 0.6) is 0 Å². The van der Waals surface area contributed by atoms with Gasteiger partial charge in [0.2, 0.25) is 0 Å². The monoisotopic (exact) mass is 308 g/mol. The molecule has 0 radical (unpaired) electrons. The number of carbonyl (C=O) groups excluding carboxylic acids is 1. The maximum Gasteiger partial charge on any atom is 0.417 e. The molecule has 1 rings (SSSR count). The first-order valence-corrected chi connectivity index (χ1v) is 7.09. The van der Waals surface area contributed by atoms with Gasteiger partial charge in [0.1, 0.15) is 0 Å². The van der Waals surface area contributed by atoms with Gasteiger partial charge in [-0.3, -0.25) is 0 Å². The van der Waals surface area contributed by atoms with E-state index in [1.807, 2.05) is 13.8 Å². The van der Waals surface area contributed by atoms with Crippen molar-refractivity contribution in [1.29, 1.82) is 0 Å². The van der Waals surface area contributed by atoms with E-state index in [4.69, 9.17) is 4.74 Å². The predicted octanol–water partition coefficient (Wildman–Crippen LogP) is 3.69. The number of alkyl halides is 3. The van der Waals surface area contributed by atoms with Crippen LogP contribution in [0.25, 0.3) is 0 Å². The Morgan fingerprint density at radius 1 is 1.50 bits per heavy atom. The van der Waals surface area contributed by atoms with E-state index >= 15 is 0 Å². The molecule has 112 valence electrons. The van der Waals surface area contributed by atoms with Crippen LogP contribution in [0.15, 0.2) is 12.3 Å². The topological polar surface area (TPSA) is 51.2 Å². The third-order valence-electron chi connectivity index (χ3n) is 2.18. The molecule has 4 nitrogen and oxygen atoms in total. The number of ether oxygens (including phenoxy) is 1. The van der Waals surface area contributed by atoms with E-state index in [1.54, 1.807) is 6.92 Å². The van der Waals surface area contributed by atoms with Gasteiger partial charge in [-0.2, -0.15) is 13.2 Å². The van der Waals surface area contributed by atoms with Crippen molar-refractivity contribution >= 4 is 20.4 Å². The van der Waals surface area contributed by atoms with E-state index in [0.717, 1.165) is 6.07 Å². The summed E-state index contributed by atoms with van der Waals surface area (Å²) in [7, 11) is 0.172. The molecule has 0 aliphatic heterocycles. The number of carbonyl (C=O) groups is 1. The second-order valence-electron chi connectivity index (χ2n) is 4.26. The van der Waals surface area contributed by atoms with Crippen molar-refractivity contribution in [3.63, 3.8) is 0 Å². The highest BCUT2D eigenvalue weighted by molar-refractivity contribution is 7.40. The quantitative estimate of drug-likeness (QED) is 0.666. The van der Waals surface area contributed by atoms with E-state index in [9.17, 15) is 18.0 Å². The molecule has 1 atom stereocenters. The molecule has 0 spiro atoms. The van der Waals surface area contributed by atoms with Crippen LogP contribution in [-0.2, 0) is 10.9 Å². The van der Waals surface area contributed by atoms with Gasteiger partial charge in [-0.05, 0) is 27.4 Å². The molecule has 0 bridgehead atoms. The minimum absolute atomic E-state index is 0.0466. The Hall–Kier alpha value is -1.36. The van der Waals surface area contributed by atoms with Crippen LogP contribution < -0.4 is 5.09 Å². The van der Waals surface area contributed by atoms with Gasteiger partial charge in [-0.15, -0.1) is 0 Å². The van der Waals surface area contributed by atoms with Crippen molar-refractivity contribution in [1.82, 2.24) is 4.98 Å². The fourth-order valence-corrected chi connectivity index (χ4v) is 1.93. The minimum Gasteiger partial charge on any atom is -0.461 e. The Balaban J connectivity index is 3.12. The first kappa shape index (κ1) is 16.7. The van der Waals surface area contributed by atoms with E-state index in [1.165, 1.54) is 0 Å². The first-order chi connectivity index (χ1) is 9.25. The zero-order valence-electron chi connectivity index (χ0n) is 11.3. The summed E-state index contributed by atoms with van der Waals surface area (Å²) in [4.78, 5) is 15.3. The normalized spacial score (nSPS) is 12.2. The Morgan fingerprint density at radius 2 is 2.15 bits per heavy atom. The second kappa shape index (κ2) is 6.88. The molecule has 0 aromatic carbocycles. The van der Waals surface area contributed by atoms with Crippen molar-refractivity contribution in [2.45, 2.75) is 32.6 Å². The van der Waals surface area contributed by atoms with E-state index < -0.39 is 17.7 Å². The maximum absolute atomic E-state index is 12.7. The van der Waals surface area contributed by atoms with Gasteiger partial charge >= 0.3 is 12.1 Å². The van der Waals surface area contributed by atoms with Crippen LogP contribution in [-0.4, -0.2) is 23.2 Å². The summed E-state index contributed by atoms with van der Waals surface area (Å²) in [5.41, 5.74) is -0.750. The lowest BCUT2D eigenvalue weighted by Gasteiger charge is -2.14. The Bertz CT molecular complexity index is 478. The summed E-state index contributed by atoms with van der Waals surface area (Å²) >= 11 is 0. The lowest BCUT2D eigenvalue weighted by Crippen LogP contribution is -2.13. The van der Waals surface area contributed by atoms with Gasteiger partial charge in [0.15, 0.2) is 5.69 Å². The molecule has 1 N–H and O–H groups in total. The Morgan fingerprint density at radius 3 is 2.65 bits per heavy atom. The highest BCUT2D eigenvalue weighted by Crippen LogP contribution is 2.33. The molecule has 0 amide bonds. The zero-order chi connectivity index (χ0) is 15.3. The van der Waals surface area contributed by atoms with E-state index in [0.29, 0.717) is 6.20 Å². The molecule has 1 aromatic heterocycles. The lowest BCUT2D eigenvalue weighted by atomic mass is 10.2. The van der Waals surface area contributed by atoms with Crippen LogP contribution in [0.2, 0.25) is 0 Å². The molecular weight excluding hydrogens is 292 g/mol. The summed E-state index contributed by atoms with van der Waals surface area (Å²) in [5, 5.41) is 2.83. The third-order valence-corrected chi connectivity index (χ3v) is 3.17. The van der Waals surface area contributed by atoms with Crippen LogP contribution >= 0.6 is 8.73 Å². The molecule has 20 heavy (non-hydrogen) atoms. The largest absolute Gasteiger partial charge is 0.461 e. The highest BCUT2D eigenvalue weighted by Gasteiger charge is 2.32. The van der Waals surface area contributed by atoms with Crippen molar-refractivity contribution in [2.75, 3.05) is 11.7 Å². The second-order valence-corrected chi connectivity index (χ2v) is 5.96. The number of pyridine rings is 1. The number of rotatable bonds is 5. The molecule has 0 fully saturated rings. The third kappa shape index (κ3) is 4.63. The van der Waals surface area contributed by atoms with E-state index in [-0.39, 0.29) is 32.4 Å². The molecule has 0 saturated carbocycles. The number of anilines is 1. The summed E-state index contributed by atoms with van der Waals surface area (Å²) in [6.07, 6.45) is -3.87. The summed E-state index contributed by atoms with van der Waals surface area (Å²) in [6, 6.07) is 0.884. The average molecular weight is 308 g/mol. The molecule has 0 saturated heterocycles. The summed E-state index contributed by atoms with van der Waals surface area (Å²) in [6.45, 7) is 5.57.